The minimum atomic E-state index is -0.377. The minimum Gasteiger partial charge on any atom is -0.465 e. The van der Waals surface area contributed by atoms with E-state index >= 15 is 0 Å². The topological polar surface area (TPSA) is 52.6 Å². The molecule has 0 unspecified atom stereocenters. The number of carbonyl (C=O) groups is 2. The van der Waals surface area contributed by atoms with Crippen molar-refractivity contribution in [2.45, 2.75) is 27.7 Å². The average Bonchev–Trinajstić information content (AvgIpc) is 2.24. The number of ether oxygens (including phenoxy) is 2. The highest BCUT2D eigenvalue weighted by Crippen LogP contribution is 2.28. The molecule has 1 rings (SSSR count). The van der Waals surface area contributed by atoms with E-state index in [1.165, 1.54) is 14.0 Å². The van der Waals surface area contributed by atoms with E-state index in [0.717, 1.165) is 16.7 Å². The summed E-state index contributed by atoms with van der Waals surface area (Å²) in [5.41, 5.74) is 2.80. The maximum atomic E-state index is 11.6. The van der Waals surface area contributed by atoms with Crippen LogP contribution in [-0.4, -0.2) is 19.0 Å². The number of aryl methyl sites for hydroxylation is 1. The molecule has 0 N–H and O–H groups in total. The van der Waals surface area contributed by atoms with Crippen molar-refractivity contribution in [2.24, 2.45) is 0 Å². The zero-order valence-electron chi connectivity index (χ0n) is 10.7. The zero-order chi connectivity index (χ0) is 13.2. The fourth-order valence-corrected chi connectivity index (χ4v) is 1.72. The maximum absolute atomic E-state index is 11.6. The summed E-state index contributed by atoms with van der Waals surface area (Å²) >= 11 is 0. The summed E-state index contributed by atoms with van der Waals surface area (Å²) in [6.07, 6.45) is 0. The highest BCUT2D eigenvalue weighted by molar-refractivity contribution is 5.93. The first-order valence-corrected chi connectivity index (χ1v) is 5.26. The van der Waals surface area contributed by atoms with E-state index in [2.05, 4.69) is 0 Å². The molecule has 4 heteroatoms. The van der Waals surface area contributed by atoms with E-state index < -0.39 is 0 Å². The molecule has 0 aliphatic carbocycles. The number of methoxy groups -OCH3 is 1. The second kappa shape index (κ2) is 4.99. The van der Waals surface area contributed by atoms with Gasteiger partial charge in [0.2, 0.25) is 0 Å². The molecule has 0 atom stereocenters. The van der Waals surface area contributed by atoms with Crippen molar-refractivity contribution in [3.05, 3.63) is 28.3 Å². The fraction of sp³-hybridized carbons (Fsp3) is 0.385. The SMILES string of the molecule is COC(=O)c1c(C)cc(OC(C)=O)c(C)c1C. The van der Waals surface area contributed by atoms with Gasteiger partial charge in [-0.25, -0.2) is 4.79 Å². The third-order valence-corrected chi connectivity index (χ3v) is 2.69. The van der Waals surface area contributed by atoms with Crippen molar-refractivity contribution in [3.63, 3.8) is 0 Å². The van der Waals surface area contributed by atoms with Crippen molar-refractivity contribution in [3.8, 4) is 5.75 Å². The number of hydrogen-bond donors (Lipinski definition) is 0. The predicted octanol–water partition coefficient (Wildman–Crippen LogP) is 2.32. The molecule has 0 saturated carbocycles. The van der Waals surface area contributed by atoms with E-state index in [1.807, 2.05) is 6.92 Å². The van der Waals surface area contributed by atoms with E-state index in [9.17, 15) is 9.59 Å². The molecule has 0 fully saturated rings. The van der Waals surface area contributed by atoms with Gasteiger partial charge in [-0.15, -0.1) is 0 Å². The van der Waals surface area contributed by atoms with Crippen LogP contribution in [0.4, 0.5) is 0 Å². The van der Waals surface area contributed by atoms with Gasteiger partial charge in [0.1, 0.15) is 5.75 Å². The number of benzene rings is 1. The quantitative estimate of drug-likeness (QED) is 0.584. The van der Waals surface area contributed by atoms with Gasteiger partial charge in [0.15, 0.2) is 0 Å². The first kappa shape index (κ1) is 13.2. The van der Waals surface area contributed by atoms with Crippen molar-refractivity contribution in [1.29, 1.82) is 0 Å². The molecule has 17 heavy (non-hydrogen) atoms. The Bertz CT molecular complexity index is 475. The largest absolute Gasteiger partial charge is 0.465 e. The Kier molecular flexibility index (Phi) is 3.89. The van der Waals surface area contributed by atoms with E-state index in [-0.39, 0.29) is 11.9 Å². The monoisotopic (exact) mass is 236 g/mol. The van der Waals surface area contributed by atoms with Crippen LogP contribution in [0.5, 0.6) is 5.75 Å². The number of rotatable bonds is 2. The molecule has 0 spiro atoms. The maximum Gasteiger partial charge on any atom is 0.338 e. The van der Waals surface area contributed by atoms with Gasteiger partial charge in [0.05, 0.1) is 12.7 Å². The molecule has 0 aliphatic rings. The lowest BCUT2D eigenvalue weighted by Gasteiger charge is -2.14. The molecule has 92 valence electrons. The molecule has 1 aromatic carbocycles. The zero-order valence-corrected chi connectivity index (χ0v) is 10.7. The van der Waals surface area contributed by atoms with E-state index in [4.69, 9.17) is 9.47 Å². The molecule has 0 radical (unpaired) electrons. The summed E-state index contributed by atoms with van der Waals surface area (Å²) in [7, 11) is 1.34. The Labute approximate surface area is 101 Å². The van der Waals surface area contributed by atoms with Gasteiger partial charge in [-0.3, -0.25) is 4.79 Å². The first-order valence-electron chi connectivity index (χ1n) is 5.26. The second-order valence-electron chi connectivity index (χ2n) is 3.90. The lowest BCUT2D eigenvalue weighted by atomic mass is 9.97. The summed E-state index contributed by atoms with van der Waals surface area (Å²) in [5, 5.41) is 0. The van der Waals surface area contributed by atoms with Crippen molar-refractivity contribution >= 4 is 11.9 Å². The van der Waals surface area contributed by atoms with Crippen LogP contribution >= 0.6 is 0 Å². The molecule has 0 bridgehead atoms. The average molecular weight is 236 g/mol. The second-order valence-corrected chi connectivity index (χ2v) is 3.90. The first-order chi connectivity index (χ1) is 7.88. The third-order valence-electron chi connectivity index (χ3n) is 2.69. The normalized spacial score (nSPS) is 9.94. The van der Waals surface area contributed by atoms with Gasteiger partial charge in [0.25, 0.3) is 0 Å². The van der Waals surface area contributed by atoms with Crippen LogP contribution in [0.25, 0.3) is 0 Å². The third kappa shape index (κ3) is 2.64. The predicted molar refractivity (Wildman–Crippen MR) is 63.3 cm³/mol. The number of carbonyl (C=O) groups excluding carboxylic acids is 2. The van der Waals surface area contributed by atoms with Gasteiger partial charge in [0, 0.05) is 6.92 Å². The van der Waals surface area contributed by atoms with Crippen LogP contribution in [0.2, 0.25) is 0 Å². The van der Waals surface area contributed by atoms with Gasteiger partial charge < -0.3 is 9.47 Å². The Morgan fingerprint density at radius 1 is 1.12 bits per heavy atom. The van der Waals surface area contributed by atoms with Crippen LogP contribution in [0.3, 0.4) is 0 Å². The number of esters is 2. The molecule has 0 heterocycles. The summed E-state index contributed by atoms with van der Waals surface area (Å²) in [6, 6.07) is 1.68. The molecular weight excluding hydrogens is 220 g/mol. The smallest absolute Gasteiger partial charge is 0.338 e. The molecule has 4 nitrogen and oxygen atoms in total. The number of hydrogen-bond acceptors (Lipinski definition) is 4. The van der Waals surface area contributed by atoms with Crippen LogP contribution in [0.1, 0.15) is 34.0 Å². The fourth-order valence-electron chi connectivity index (χ4n) is 1.72. The van der Waals surface area contributed by atoms with Gasteiger partial charge in [-0.1, -0.05) is 0 Å². The standard InChI is InChI=1S/C13H16O4/c1-7-6-11(17-10(4)14)8(2)9(3)12(7)13(15)16-5/h6H,1-5H3. The lowest BCUT2D eigenvalue weighted by molar-refractivity contribution is -0.131. The van der Waals surface area contributed by atoms with Gasteiger partial charge in [-0.05, 0) is 43.5 Å². The molecule has 0 saturated heterocycles. The Morgan fingerprint density at radius 3 is 2.18 bits per heavy atom. The molecule has 0 aliphatic heterocycles. The molecule has 0 amide bonds. The highest BCUT2D eigenvalue weighted by atomic mass is 16.5. The van der Waals surface area contributed by atoms with Gasteiger partial charge >= 0.3 is 11.9 Å². The van der Waals surface area contributed by atoms with Crippen molar-refractivity contribution in [1.82, 2.24) is 0 Å². The van der Waals surface area contributed by atoms with E-state index in [0.29, 0.717) is 11.3 Å². The summed E-state index contributed by atoms with van der Waals surface area (Å²) in [4.78, 5) is 22.6. The highest BCUT2D eigenvalue weighted by Gasteiger charge is 2.18. The molecule has 1 aromatic rings. The molecule has 0 aromatic heterocycles. The Hall–Kier alpha value is -1.84. The van der Waals surface area contributed by atoms with E-state index in [1.54, 1.807) is 19.9 Å². The van der Waals surface area contributed by atoms with Crippen LogP contribution in [0.15, 0.2) is 6.07 Å². The Balaban J connectivity index is 3.36. The van der Waals surface area contributed by atoms with Crippen molar-refractivity contribution < 1.29 is 19.1 Å². The van der Waals surface area contributed by atoms with Gasteiger partial charge in [-0.2, -0.15) is 0 Å². The van der Waals surface area contributed by atoms with Crippen LogP contribution in [-0.2, 0) is 9.53 Å². The van der Waals surface area contributed by atoms with Crippen LogP contribution in [0, 0.1) is 20.8 Å². The molecular formula is C13H16O4. The Morgan fingerprint density at radius 2 is 1.71 bits per heavy atom. The van der Waals surface area contributed by atoms with Crippen molar-refractivity contribution in [2.75, 3.05) is 7.11 Å². The summed E-state index contributed by atoms with van der Waals surface area (Å²) in [6.45, 7) is 6.74. The summed E-state index contributed by atoms with van der Waals surface area (Å²) in [5.74, 6) is -0.268. The van der Waals surface area contributed by atoms with Crippen LogP contribution < -0.4 is 4.74 Å². The lowest BCUT2D eigenvalue weighted by Crippen LogP contribution is -2.10. The summed E-state index contributed by atoms with van der Waals surface area (Å²) < 4.78 is 9.81. The minimum absolute atomic E-state index is 0.377.